The summed E-state index contributed by atoms with van der Waals surface area (Å²) in [6.07, 6.45) is 0.915. The highest BCUT2D eigenvalue weighted by atomic mass is 19.1. The van der Waals surface area contributed by atoms with Crippen molar-refractivity contribution in [3.63, 3.8) is 0 Å². The fraction of sp³-hybridized carbons (Fsp3) is 0.400. The molecule has 0 aliphatic carbocycles. The molecule has 0 aliphatic rings. The molecule has 0 bridgehead atoms. The molecule has 7 heteroatoms. The molecule has 0 amide bonds. The Morgan fingerprint density at radius 1 is 1.09 bits per heavy atom. The highest BCUT2D eigenvalue weighted by Gasteiger charge is 2.23. The summed E-state index contributed by atoms with van der Waals surface area (Å²) in [7, 11) is 0. The molecule has 0 aliphatic heterocycles. The van der Waals surface area contributed by atoms with E-state index in [1.807, 2.05) is 27.7 Å². The first-order valence-corrected chi connectivity index (χ1v) is 10.6. The molecule has 6 nitrogen and oxygen atoms in total. The minimum Gasteiger partial charge on any atom is -0.481 e. The summed E-state index contributed by atoms with van der Waals surface area (Å²) in [6, 6.07) is 5.92. The maximum atomic E-state index is 13.5. The van der Waals surface area contributed by atoms with E-state index >= 15 is 0 Å². The summed E-state index contributed by atoms with van der Waals surface area (Å²) in [4.78, 5) is 27.2. The van der Waals surface area contributed by atoms with Crippen molar-refractivity contribution in [3.05, 3.63) is 58.5 Å². The molecular weight excluding hydrogens is 413 g/mol. The fourth-order valence-electron chi connectivity index (χ4n) is 3.73. The quantitative estimate of drug-likeness (QED) is 0.469. The van der Waals surface area contributed by atoms with Crippen molar-refractivity contribution in [3.8, 4) is 11.3 Å². The van der Waals surface area contributed by atoms with Gasteiger partial charge in [-0.05, 0) is 41.7 Å². The Kier molecular flexibility index (Phi) is 8.80. The van der Waals surface area contributed by atoms with Crippen molar-refractivity contribution in [2.45, 2.75) is 65.1 Å². The van der Waals surface area contributed by atoms with Gasteiger partial charge >= 0.3 is 5.97 Å². The van der Waals surface area contributed by atoms with E-state index in [2.05, 4.69) is 0 Å². The van der Waals surface area contributed by atoms with Crippen LogP contribution in [0.1, 0.15) is 74.8 Å². The predicted octanol–water partition coefficient (Wildman–Crippen LogP) is 4.43. The van der Waals surface area contributed by atoms with Gasteiger partial charge in [0, 0.05) is 28.8 Å². The Labute approximate surface area is 187 Å². The number of carbonyl (C=O) groups excluding carboxylic acids is 1. The lowest BCUT2D eigenvalue weighted by molar-refractivity contribution is -0.140. The molecule has 32 heavy (non-hydrogen) atoms. The first kappa shape index (κ1) is 25.4. The third-order valence-electron chi connectivity index (χ3n) is 5.08. The Balaban J connectivity index is 2.65. The molecule has 172 valence electrons. The van der Waals surface area contributed by atoms with Gasteiger partial charge in [0.2, 0.25) is 0 Å². The Morgan fingerprint density at radius 2 is 1.72 bits per heavy atom. The standard InChI is InChI=1S/C25H30FNO5/c1-14(2)23-20(10-9-18(29)11-19(30)12-22(31)32)25(16-5-7-17(26)8-6-16)27-24(15(3)4)21(23)13-28/h5-10,14-15,18,28-29H,11-13H2,1-4H3,(H,31,32). The van der Waals surface area contributed by atoms with Gasteiger partial charge in [0.15, 0.2) is 0 Å². The number of aromatic nitrogens is 1. The van der Waals surface area contributed by atoms with Crippen LogP contribution in [-0.2, 0) is 16.2 Å². The van der Waals surface area contributed by atoms with Gasteiger partial charge < -0.3 is 15.3 Å². The van der Waals surface area contributed by atoms with Crippen molar-refractivity contribution in [2.75, 3.05) is 0 Å². The lowest BCUT2D eigenvalue weighted by Gasteiger charge is -2.23. The SMILES string of the molecule is CC(C)c1nc(-c2ccc(F)cc2)c(C=CC(O)CC(=O)CC(=O)O)c(C(C)C)c1CO. The molecule has 1 aromatic carbocycles. The molecule has 0 spiro atoms. The molecule has 3 N–H and O–H groups in total. The normalized spacial score (nSPS) is 12.7. The predicted molar refractivity (Wildman–Crippen MR) is 121 cm³/mol. The monoisotopic (exact) mass is 443 g/mol. The minimum absolute atomic E-state index is 0.00211. The number of aliphatic carboxylic acids is 1. The number of hydrogen-bond acceptors (Lipinski definition) is 5. The van der Waals surface area contributed by atoms with E-state index in [4.69, 9.17) is 10.1 Å². The average molecular weight is 444 g/mol. The lowest BCUT2D eigenvalue weighted by Crippen LogP contribution is -2.14. The number of nitrogens with zero attached hydrogens (tertiary/aromatic N) is 1. The zero-order valence-electron chi connectivity index (χ0n) is 18.8. The molecule has 0 radical (unpaired) electrons. The zero-order valence-corrected chi connectivity index (χ0v) is 18.8. The number of hydrogen-bond donors (Lipinski definition) is 3. The summed E-state index contributed by atoms with van der Waals surface area (Å²) >= 11 is 0. The number of ketones is 1. The van der Waals surface area contributed by atoms with Crippen LogP contribution in [0.5, 0.6) is 0 Å². The number of aliphatic hydroxyl groups is 2. The molecule has 0 fully saturated rings. The van der Waals surface area contributed by atoms with Gasteiger partial charge in [-0.2, -0.15) is 0 Å². The van der Waals surface area contributed by atoms with Crippen LogP contribution in [0, 0.1) is 5.82 Å². The number of pyridine rings is 1. The number of Topliss-reactive ketones (excluding diaryl/α,β-unsaturated/α-hetero) is 1. The van der Waals surface area contributed by atoms with Gasteiger partial charge in [0.1, 0.15) is 18.0 Å². The average Bonchev–Trinajstić information content (AvgIpc) is 2.70. The summed E-state index contributed by atoms with van der Waals surface area (Å²) in [5.74, 6) is -2.17. The van der Waals surface area contributed by atoms with Crippen LogP contribution < -0.4 is 0 Å². The van der Waals surface area contributed by atoms with E-state index in [0.29, 0.717) is 22.4 Å². The number of carbonyl (C=O) groups is 2. The molecule has 2 rings (SSSR count). The highest BCUT2D eigenvalue weighted by molar-refractivity contribution is 5.95. The summed E-state index contributed by atoms with van der Waals surface area (Å²) in [5.41, 5.74) is 4.21. The topological polar surface area (TPSA) is 108 Å². The van der Waals surface area contributed by atoms with Crippen molar-refractivity contribution in [1.29, 1.82) is 0 Å². The Hall–Kier alpha value is -2.90. The third-order valence-corrected chi connectivity index (χ3v) is 5.08. The maximum absolute atomic E-state index is 13.5. The Bertz CT molecular complexity index is 996. The second-order valence-electron chi connectivity index (χ2n) is 8.37. The largest absolute Gasteiger partial charge is 0.481 e. The van der Waals surface area contributed by atoms with Crippen LogP contribution in [0.3, 0.4) is 0 Å². The molecule has 0 saturated carbocycles. The molecule has 1 unspecified atom stereocenters. The smallest absolute Gasteiger partial charge is 0.310 e. The number of aliphatic hydroxyl groups excluding tert-OH is 2. The van der Waals surface area contributed by atoms with Gasteiger partial charge in [-0.1, -0.05) is 39.8 Å². The first-order chi connectivity index (χ1) is 15.0. The first-order valence-electron chi connectivity index (χ1n) is 10.6. The minimum atomic E-state index is -1.24. The number of carboxylic acid groups (broad SMARTS) is 1. The molecule has 1 atom stereocenters. The van der Waals surface area contributed by atoms with Gasteiger partial charge in [0.05, 0.1) is 18.4 Å². The second-order valence-corrected chi connectivity index (χ2v) is 8.37. The molecule has 1 heterocycles. The molecule has 0 saturated heterocycles. The molecular formula is C25H30FNO5. The Morgan fingerprint density at radius 3 is 2.22 bits per heavy atom. The summed E-state index contributed by atoms with van der Waals surface area (Å²) in [5, 5.41) is 29.1. The van der Waals surface area contributed by atoms with Crippen LogP contribution in [0.25, 0.3) is 17.3 Å². The van der Waals surface area contributed by atoms with Crippen molar-refractivity contribution >= 4 is 17.8 Å². The van der Waals surface area contributed by atoms with E-state index in [-0.39, 0.29) is 30.7 Å². The van der Waals surface area contributed by atoms with Crippen molar-refractivity contribution in [1.82, 2.24) is 4.98 Å². The van der Waals surface area contributed by atoms with E-state index < -0.39 is 24.3 Å². The zero-order chi connectivity index (χ0) is 24.0. The molecule has 2 aromatic rings. The van der Waals surface area contributed by atoms with Crippen LogP contribution >= 0.6 is 0 Å². The summed E-state index contributed by atoms with van der Waals surface area (Å²) in [6.45, 7) is 7.72. The van der Waals surface area contributed by atoms with E-state index in [0.717, 1.165) is 11.3 Å². The number of carboxylic acids is 1. The third kappa shape index (κ3) is 6.31. The van der Waals surface area contributed by atoms with Gasteiger partial charge in [-0.25, -0.2) is 4.39 Å². The van der Waals surface area contributed by atoms with Gasteiger partial charge in [0.25, 0.3) is 0 Å². The van der Waals surface area contributed by atoms with Gasteiger partial charge in [-0.15, -0.1) is 0 Å². The lowest BCUT2D eigenvalue weighted by atomic mass is 9.86. The highest BCUT2D eigenvalue weighted by Crippen LogP contribution is 2.36. The van der Waals surface area contributed by atoms with Crippen LogP contribution in [0.2, 0.25) is 0 Å². The number of rotatable bonds is 10. The fourth-order valence-corrected chi connectivity index (χ4v) is 3.73. The number of benzene rings is 1. The van der Waals surface area contributed by atoms with Crippen molar-refractivity contribution < 1.29 is 29.3 Å². The maximum Gasteiger partial charge on any atom is 0.310 e. The van der Waals surface area contributed by atoms with E-state index in [1.165, 1.54) is 18.2 Å². The van der Waals surface area contributed by atoms with Crippen LogP contribution in [0.4, 0.5) is 4.39 Å². The number of halogens is 1. The van der Waals surface area contributed by atoms with E-state index in [9.17, 15) is 24.2 Å². The summed E-state index contributed by atoms with van der Waals surface area (Å²) < 4.78 is 13.5. The van der Waals surface area contributed by atoms with Crippen molar-refractivity contribution in [2.24, 2.45) is 0 Å². The van der Waals surface area contributed by atoms with E-state index in [1.54, 1.807) is 18.2 Å². The van der Waals surface area contributed by atoms with Crippen LogP contribution in [-0.4, -0.2) is 38.2 Å². The molecule has 1 aromatic heterocycles. The second kappa shape index (κ2) is 11.1. The van der Waals surface area contributed by atoms with Gasteiger partial charge in [-0.3, -0.25) is 14.6 Å². The van der Waals surface area contributed by atoms with Crippen LogP contribution in [0.15, 0.2) is 30.3 Å².